The predicted molar refractivity (Wildman–Crippen MR) is 81.8 cm³/mol. The third-order valence-corrected chi connectivity index (χ3v) is 3.67. The number of Topliss-reactive ketones (excluding diaryl/α,β-unsaturated/α-hetero) is 1. The fourth-order valence-corrected chi connectivity index (χ4v) is 2.59. The van der Waals surface area contributed by atoms with E-state index in [1.807, 2.05) is 30.3 Å². The normalized spacial score (nSPS) is 10.5. The van der Waals surface area contributed by atoms with Gasteiger partial charge in [0, 0.05) is 17.7 Å². The van der Waals surface area contributed by atoms with Crippen molar-refractivity contribution in [2.45, 2.75) is 6.92 Å². The highest BCUT2D eigenvalue weighted by Crippen LogP contribution is 2.17. The van der Waals surface area contributed by atoms with Crippen LogP contribution in [-0.4, -0.2) is 21.7 Å². The molecule has 0 atom stereocenters. The number of nitrogens with one attached hydrogen (secondary N) is 1. The number of amides is 1. The van der Waals surface area contributed by atoms with Gasteiger partial charge in [0.25, 0.3) is 5.91 Å². The monoisotopic (exact) mass is 297 g/mol. The van der Waals surface area contributed by atoms with Crippen molar-refractivity contribution < 1.29 is 9.59 Å². The lowest BCUT2D eigenvalue weighted by Crippen LogP contribution is -2.13. The summed E-state index contributed by atoms with van der Waals surface area (Å²) in [5, 5.41) is 5.63. The molecule has 6 heteroatoms. The highest BCUT2D eigenvalue weighted by Gasteiger charge is 2.12. The van der Waals surface area contributed by atoms with Gasteiger partial charge in [-0.2, -0.15) is 0 Å². The number of pyridine rings is 1. The molecule has 0 aliphatic carbocycles. The minimum Gasteiger partial charge on any atom is -0.296 e. The molecule has 1 amide bonds. The van der Waals surface area contributed by atoms with Gasteiger partial charge in [0.15, 0.2) is 10.9 Å². The van der Waals surface area contributed by atoms with Crippen LogP contribution >= 0.6 is 11.3 Å². The SMILES string of the molecule is CC(=O)c1csc(NC(=O)c2ccc3ccccc3n2)n1. The third kappa shape index (κ3) is 2.80. The van der Waals surface area contributed by atoms with E-state index in [1.54, 1.807) is 11.4 Å². The quantitative estimate of drug-likeness (QED) is 0.754. The number of anilines is 1. The Labute approximate surface area is 124 Å². The van der Waals surface area contributed by atoms with Gasteiger partial charge in [-0.1, -0.05) is 24.3 Å². The Bertz CT molecular complexity index is 842. The second-order valence-corrected chi connectivity index (χ2v) is 5.30. The Kier molecular flexibility index (Phi) is 3.45. The lowest BCUT2D eigenvalue weighted by molar-refractivity contribution is 0.100. The maximum Gasteiger partial charge on any atom is 0.276 e. The Morgan fingerprint density at radius 3 is 2.62 bits per heavy atom. The number of hydrogen-bond donors (Lipinski definition) is 1. The summed E-state index contributed by atoms with van der Waals surface area (Å²) in [6.45, 7) is 1.44. The summed E-state index contributed by atoms with van der Waals surface area (Å²) in [6, 6.07) is 11.1. The first-order chi connectivity index (χ1) is 10.1. The van der Waals surface area contributed by atoms with E-state index >= 15 is 0 Å². The van der Waals surface area contributed by atoms with Crippen molar-refractivity contribution in [3.8, 4) is 0 Å². The number of thiazole rings is 1. The van der Waals surface area contributed by atoms with E-state index in [-0.39, 0.29) is 11.7 Å². The molecule has 0 fully saturated rings. The van der Waals surface area contributed by atoms with E-state index < -0.39 is 0 Å². The number of fused-ring (bicyclic) bond motifs is 1. The van der Waals surface area contributed by atoms with Gasteiger partial charge in [-0.15, -0.1) is 11.3 Å². The lowest BCUT2D eigenvalue weighted by Gasteiger charge is -2.02. The minimum absolute atomic E-state index is 0.129. The van der Waals surface area contributed by atoms with E-state index in [4.69, 9.17) is 0 Å². The molecule has 0 unspecified atom stereocenters. The Balaban J connectivity index is 1.84. The molecule has 3 aromatic rings. The summed E-state index contributed by atoms with van der Waals surface area (Å²) < 4.78 is 0. The van der Waals surface area contributed by atoms with E-state index in [1.165, 1.54) is 18.3 Å². The van der Waals surface area contributed by atoms with Gasteiger partial charge in [0.05, 0.1) is 5.52 Å². The van der Waals surface area contributed by atoms with Crippen molar-refractivity contribution in [1.29, 1.82) is 0 Å². The maximum atomic E-state index is 12.1. The third-order valence-electron chi connectivity index (χ3n) is 2.92. The number of hydrogen-bond acceptors (Lipinski definition) is 5. The smallest absolute Gasteiger partial charge is 0.276 e. The van der Waals surface area contributed by atoms with Crippen LogP contribution in [0.4, 0.5) is 5.13 Å². The lowest BCUT2D eigenvalue weighted by atomic mass is 10.2. The summed E-state index contributed by atoms with van der Waals surface area (Å²) >= 11 is 1.21. The second kappa shape index (κ2) is 5.41. The van der Waals surface area contributed by atoms with Crippen LogP contribution in [0.2, 0.25) is 0 Å². The van der Waals surface area contributed by atoms with Crippen molar-refractivity contribution in [3.05, 3.63) is 53.2 Å². The molecule has 0 aliphatic rings. The maximum absolute atomic E-state index is 12.1. The Hall–Kier alpha value is -2.60. The molecule has 0 saturated heterocycles. The summed E-state index contributed by atoms with van der Waals surface area (Å²) in [7, 11) is 0. The molecule has 0 bridgehead atoms. The molecule has 3 rings (SSSR count). The molecule has 0 radical (unpaired) electrons. The standard InChI is InChI=1S/C15H11N3O2S/c1-9(19)13-8-21-15(17-13)18-14(20)12-7-6-10-4-2-3-5-11(10)16-12/h2-8H,1H3,(H,17,18,20). The number of para-hydroxylation sites is 1. The summed E-state index contributed by atoms with van der Waals surface area (Å²) in [5.41, 5.74) is 1.42. The summed E-state index contributed by atoms with van der Waals surface area (Å²) in [6.07, 6.45) is 0. The summed E-state index contributed by atoms with van der Waals surface area (Å²) in [4.78, 5) is 31.7. The van der Waals surface area contributed by atoms with Crippen molar-refractivity contribution in [2.24, 2.45) is 0 Å². The highest BCUT2D eigenvalue weighted by molar-refractivity contribution is 7.14. The average molecular weight is 297 g/mol. The fraction of sp³-hybridized carbons (Fsp3) is 0.0667. The van der Waals surface area contributed by atoms with Crippen LogP contribution in [0.15, 0.2) is 41.8 Å². The molecule has 2 aromatic heterocycles. The zero-order valence-electron chi connectivity index (χ0n) is 11.2. The van der Waals surface area contributed by atoms with E-state index in [0.29, 0.717) is 16.5 Å². The van der Waals surface area contributed by atoms with Crippen LogP contribution in [0.5, 0.6) is 0 Å². The topological polar surface area (TPSA) is 72.0 Å². The van der Waals surface area contributed by atoms with Crippen molar-refractivity contribution >= 4 is 39.1 Å². The molecule has 104 valence electrons. The highest BCUT2D eigenvalue weighted by atomic mass is 32.1. The minimum atomic E-state index is -0.342. The zero-order chi connectivity index (χ0) is 14.8. The number of carbonyl (C=O) groups excluding carboxylic acids is 2. The molecule has 21 heavy (non-hydrogen) atoms. The molecule has 0 aliphatic heterocycles. The first-order valence-corrected chi connectivity index (χ1v) is 7.15. The van der Waals surface area contributed by atoms with Crippen LogP contribution in [0, 0.1) is 0 Å². The van der Waals surface area contributed by atoms with Gasteiger partial charge in [-0.25, -0.2) is 9.97 Å². The van der Waals surface area contributed by atoms with Crippen LogP contribution in [0.3, 0.4) is 0 Å². The van der Waals surface area contributed by atoms with Gasteiger partial charge in [0.1, 0.15) is 11.4 Å². The number of aromatic nitrogens is 2. The zero-order valence-corrected chi connectivity index (χ0v) is 12.0. The number of carbonyl (C=O) groups is 2. The average Bonchev–Trinajstić information content (AvgIpc) is 2.95. The fourth-order valence-electron chi connectivity index (χ4n) is 1.85. The number of ketones is 1. The Morgan fingerprint density at radius 1 is 1.05 bits per heavy atom. The first-order valence-electron chi connectivity index (χ1n) is 6.27. The van der Waals surface area contributed by atoms with Crippen LogP contribution in [0.25, 0.3) is 10.9 Å². The Morgan fingerprint density at radius 2 is 1.86 bits per heavy atom. The molecule has 0 saturated carbocycles. The molecule has 5 nitrogen and oxygen atoms in total. The van der Waals surface area contributed by atoms with Gasteiger partial charge >= 0.3 is 0 Å². The number of rotatable bonds is 3. The van der Waals surface area contributed by atoms with Gasteiger partial charge in [-0.3, -0.25) is 14.9 Å². The molecule has 1 N–H and O–H groups in total. The molecule has 1 aromatic carbocycles. The van der Waals surface area contributed by atoms with Gasteiger partial charge in [0.2, 0.25) is 0 Å². The van der Waals surface area contributed by atoms with Crippen molar-refractivity contribution in [2.75, 3.05) is 5.32 Å². The number of nitrogens with zero attached hydrogens (tertiary/aromatic N) is 2. The van der Waals surface area contributed by atoms with Crippen LogP contribution in [-0.2, 0) is 0 Å². The number of benzene rings is 1. The molecule has 0 spiro atoms. The second-order valence-electron chi connectivity index (χ2n) is 4.44. The van der Waals surface area contributed by atoms with Crippen molar-refractivity contribution in [1.82, 2.24) is 9.97 Å². The van der Waals surface area contributed by atoms with Gasteiger partial charge < -0.3 is 0 Å². The van der Waals surface area contributed by atoms with Crippen molar-refractivity contribution in [3.63, 3.8) is 0 Å². The van der Waals surface area contributed by atoms with Crippen LogP contribution < -0.4 is 5.32 Å². The van der Waals surface area contributed by atoms with Gasteiger partial charge in [-0.05, 0) is 12.1 Å². The molecular weight excluding hydrogens is 286 g/mol. The van der Waals surface area contributed by atoms with Crippen LogP contribution in [0.1, 0.15) is 27.9 Å². The predicted octanol–water partition coefficient (Wildman–Crippen LogP) is 3.15. The van der Waals surface area contributed by atoms with E-state index in [2.05, 4.69) is 15.3 Å². The largest absolute Gasteiger partial charge is 0.296 e. The van der Waals surface area contributed by atoms with E-state index in [0.717, 1.165) is 10.9 Å². The first kappa shape index (κ1) is 13.4. The molecule has 2 heterocycles. The summed E-state index contributed by atoms with van der Waals surface area (Å²) in [5.74, 6) is -0.471. The molecular formula is C15H11N3O2S. The van der Waals surface area contributed by atoms with E-state index in [9.17, 15) is 9.59 Å².